The van der Waals surface area contributed by atoms with Gasteiger partial charge in [-0.25, -0.2) is 4.57 Å². The summed E-state index contributed by atoms with van der Waals surface area (Å²) in [5.74, 6) is 0.866. The van der Waals surface area contributed by atoms with E-state index in [0.29, 0.717) is 11.9 Å². The summed E-state index contributed by atoms with van der Waals surface area (Å²) in [6.07, 6.45) is 6.06. The van der Waals surface area contributed by atoms with E-state index in [4.69, 9.17) is 9.05 Å². The quantitative estimate of drug-likeness (QED) is 0.514. The molecular formula is C17H25O3P. The normalized spacial score (nSPS) is 18.4. The summed E-state index contributed by atoms with van der Waals surface area (Å²) in [5.41, 5.74) is 1.21. The molecule has 0 bridgehead atoms. The summed E-state index contributed by atoms with van der Waals surface area (Å²) in [7, 11) is -3.27. The van der Waals surface area contributed by atoms with Crippen LogP contribution < -0.4 is 5.30 Å². The molecule has 3 nitrogen and oxygen atoms in total. The molecule has 4 heteroatoms. The van der Waals surface area contributed by atoms with Gasteiger partial charge in [-0.2, -0.15) is 0 Å². The van der Waals surface area contributed by atoms with Gasteiger partial charge < -0.3 is 4.52 Å². The van der Waals surface area contributed by atoms with E-state index >= 15 is 0 Å². The number of unbranched alkanes of at least 4 members (excludes halogenated alkanes) is 1. The second kappa shape index (κ2) is 7.82. The van der Waals surface area contributed by atoms with Crippen LogP contribution >= 0.6 is 7.60 Å². The molecule has 0 saturated carbocycles. The molecule has 0 radical (unpaired) electrons. The van der Waals surface area contributed by atoms with E-state index in [-0.39, 0.29) is 0 Å². The zero-order valence-corrected chi connectivity index (χ0v) is 13.9. The Morgan fingerprint density at radius 3 is 2.52 bits per heavy atom. The molecule has 0 heterocycles. The van der Waals surface area contributed by atoms with Crippen LogP contribution in [-0.4, -0.2) is 6.61 Å². The minimum Gasteiger partial charge on any atom is -0.426 e. The molecule has 1 aliphatic carbocycles. The van der Waals surface area contributed by atoms with Crippen LogP contribution in [0.1, 0.15) is 52.4 Å². The number of rotatable bonds is 7. The highest BCUT2D eigenvalue weighted by atomic mass is 31.2. The Balaban J connectivity index is 2.21. The van der Waals surface area contributed by atoms with Crippen molar-refractivity contribution in [3.8, 4) is 0 Å². The predicted octanol–water partition coefficient (Wildman–Crippen LogP) is 5.19. The Hall–Kier alpha value is -1.05. The molecule has 2 rings (SSSR count). The second-order valence-corrected chi connectivity index (χ2v) is 7.47. The van der Waals surface area contributed by atoms with Crippen LogP contribution in [0, 0.1) is 0 Å². The summed E-state index contributed by atoms with van der Waals surface area (Å²) in [6.45, 7) is 4.62. The fourth-order valence-corrected chi connectivity index (χ4v) is 4.14. The SMILES string of the molecule is CCCCOP(=O)(OC1=C(C)CCCC1)c1ccccc1. The lowest BCUT2D eigenvalue weighted by atomic mass is 9.99. The summed E-state index contributed by atoms with van der Waals surface area (Å²) in [4.78, 5) is 0. The van der Waals surface area contributed by atoms with Gasteiger partial charge >= 0.3 is 7.60 Å². The van der Waals surface area contributed by atoms with Gasteiger partial charge in [0, 0.05) is 6.42 Å². The van der Waals surface area contributed by atoms with Crippen LogP contribution in [-0.2, 0) is 13.6 Å². The Morgan fingerprint density at radius 1 is 1.14 bits per heavy atom. The van der Waals surface area contributed by atoms with E-state index in [9.17, 15) is 4.57 Å². The first-order valence-corrected chi connectivity index (χ1v) is 9.38. The molecule has 0 aromatic heterocycles. The van der Waals surface area contributed by atoms with Crippen molar-refractivity contribution in [2.75, 3.05) is 6.61 Å². The fraction of sp³-hybridized carbons (Fsp3) is 0.529. The van der Waals surface area contributed by atoms with Gasteiger partial charge in [0.2, 0.25) is 0 Å². The third kappa shape index (κ3) is 4.46. The molecule has 0 amide bonds. The standard InChI is InChI=1S/C17H25O3P/c1-3-4-14-19-21(18,16-11-6-5-7-12-16)20-17-13-9-8-10-15(17)2/h5-7,11-12H,3-4,8-10,13-14H2,1-2H3. The summed E-state index contributed by atoms with van der Waals surface area (Å²) >= 11 is 0. The smallest absolute Gasteiger partial charge is 0.410 e. The molecule has 21 heavy (non-hydrogen) atoms. The minimum atomic E-state index is -3.27. The molecule has 116 valence electrons. The minimum absolute atomic E-state index is 0.467. The van der Waals surface area contributed by atoms with E-state index in [1.165, 1.54) is 12.0 Å². The zero-order valence-electron chi connectivity index (χ0n) is 13.0. The Labute approximate surface area is 127 Å². The Bertz CT molecular complexity index is 522. The van der Waals surface area contributed by atoms with Crippen molar-refractivity contribution in [2.45, 2.75) is 52.4 Å². The topological polar surface area (TPSA) is 35.5 Å². The predicted molar refractivity (Wildman–Crippen MR) is 86.8 cm³/mol. The molecule has 0 saturated heterocycles. The molecule has 1 aliphatic rings. The lowest BCUT2D eigenvalue weighted by Gasteiger charge is -2.24. The lowest BCUT2D eigenvalue weighted by Crippen LogP contribution is -2.12. The van der Waals surface area contributed by atoms with Crippen LogP contribution in [0.15, 0.2) is 41.7 Å². The molecule has 1 aromatic carbocycles. The molecule has 1 atom stereocenters. The summed E-state index contributed by atoms with van der Waals surface area (Å²) in [5, 5.41) is 0.645. The first kappa shape index (κ1) is 16.3. The van der Waals surface area contributed by atoms with Crippen molar-refractivity contribution < 1.29 is 13.6 Å². The van der Waals surface area contributed by atoms with Crippen molar-refractivity contribution in [1.29, 1.82) is 0 Å². The molecular weight excluding hydrogens is 283 g/mol. The highest BCUT2D eigenvalue weighted by molar-refractivity contribution is 7.62. The Morgan fingerprint density at radius 2 is 1.86 bits per heavy atom. The Kier molecular flexibility index (Phi) is 6.08. The van der Waals surface area contributed by atoms with Gasteiger partial charge in [-0.1, -0.05) is 31.5 Å². The monoisotopic (exact) mass is 308 g/mol. The van der Waals surface area contributed by atoms with Gasteiger partial charge in [0.25, 0.3) is 0 Å². The molecule has 0 fully saturated rings. The fourth-order valence-electron chi connectivity index (χ4n) is 2.39. The lowest BCUT2D eigenvalue weighted by molar-refractivity contribution is 0.236. The number of hydrogen-bond donors (Lipinski definition) is 0. The summed E-state index contributed by atoms with van der Waals surface area (Å²) in [6, 6.07) is 9.30. The second-order valence-electron chi connectivity index (χ2n) is 5.52. The van der Waals surface area contributed by atoms with E-state index in [0.717, 1.165) is 37.9 Å². The van der Waals surface area contributed by atoms with Crippen molar-refractivity contribution in [3.05, 3.63) is 41.7 Å². The van der Waals surface area contributed by atoms with Crippen LogP contribution in [0.4, 0.5) is 0 Å². The van der Waals surface area contributed by atoms with Crippen molar-refractivity contribution in [2.24, 2.45) is 0 Å². The third-order valence-electron chi connectivity index (χ3n) is 3.74. The molecule has 0 N–H and O–H groups in total. The third-order valence-corrected chi connectivity index (χ3v) is 5.66. The average Bonchev–Trinajstić information content (AvgIpc) is 2.51. The highest BCUT2D eigenvalue weighted by Gasteiger charge is 2.30. The van der Waals surface area contributed by atoms with Crippen molar-refractivity contribution in [1.82, 2.24) is 0 Å². The van der Waals surface area contributed by atoms with E-state index < -0.39 is 7.60 Å². The van der Waals surface area contributed by atoms with Gasteiger partial charge in [0.15, 0.2) is 0 Å². The van der Waals surface area contributed by atoms with Gasteiger partial charge in [0.05, 0.1) is 11.9 Å². The van der Waals surface area contributed by atoms with Gasteiger partial charge in [-0.3, -0.25) is 4.52 Å². The van der Waals surface area contributed by atoms with Crippen LogP contribution in [0.2, 0.25) is 0 Å². The average molecular weight is 308 g/mol. The molecule has 0 aliphatic heterocycles. The maximum Gasteiger partial charge on any atom is 0.410 e. The van der Waals surface area contributed by atoms with Crippen LogP contribution in [0.3, 0.4) is 0 Å². The first-order valence-electron chi connectivity index (χ1n) is 7.84. The van der Waals surface area contributed by atoms with Gasteiger partial charge in [-0.05, 0) is 50.3 Å². The molecule has 1 unspecified atom stereocenters. The summed E-state index contributed by atoms with van der Waals surface area (Å²) < 4.78 is 24.9. The first-order chi connectivity index (χ1) is 10.2. The van der Waals surface area contributed by atoms with Crippen molar-refractivity contribution in [3.63, 3.8) is 0 Å². The number of benzene rings is 1. The van der Waals surface area contributed by atoms with E-state index in [1.807, 2.05) is 30.3 Å². The van der Waals surface area contributed by atoms with Crippen LogP contribution in [0.5, 0.6) is 0 Å². The van der Waals surface area contributed by atoms with Gasteiger partial charge in [0.1, 0.15) is 5.76 Å². The maximum absolute atomic E-state index is 13.2. The highest BCUT2D eigenvalue weighted by Crippen LogP contribution is 2.51. The van der Waals surface area contributed by atoms with E-state index in [2.05, 4.69) is 13.8 Å². The van der Waals surface area contributed by atoms with Gasteiger partial charge in [-0.15, -0.1) is 0 Å². The molecule has 1 aromatic rings. The molecule has 0 spiro atoms. The van der Waals surface area contributed by atoms with E-state index in [1.54, 1.807) is 0 Å². The van der Waals surface area contributed by atoms with Crippen LogP contribution in [0.25, 0.3) is 0 Å². The number of hydrogen-bond acceptors (Lipinski definition) is 3. The maximum atomic E-state index is 13.2. The zero-order chi connectivity index (χ0) is 15.1. The van der Waals surface area contributed by atoms with Crippen molar-refractivity contribution >= 4 is 12.9 Å². The largest absolute Gasteiger partial charge is 0.426 e. The number of allylic oxidation sites excluding steroid dienone is 2.